The van der Waals surface area contributed by atoms with Crippen molar-refractivity contribution in [3.8, 4) is 0 Å². The summed E-state index contributed by atoms with van der Waals surface area (Å²) in [6, 6.07) is 7.69. The highest BCUT2D eigenvalue weighted by Crippen LogP contribution is 2.33. The van der Waals surface area contributed by atoms with E-state index in [0.717, 1.165) is 28.7 Å². The molecule has 1 aromatic carbocycles. The molecule has 0 aliphatic rings. The summed E-state index contributed by atoms with van der Waals surface area (Å²) in [7, 11) is 0. The Morgan fingerprint density at radius 1 is 1.33 bits per heavy atom. The third-order valence-electron chi connectivity index (χ3n) is 3.46. The van der Waals surface area contributed by atoms with Gasteiger partial charge in [-0.25, -0.2) is 0 Å². The number of fused-ring (bicyclic) bond motifs is 1. The molecular formula is C14H18ClN3. The Kier molecular flexibility index (Phi) is 3.46. The summed E-state index contributed by atoms with van der Waals surface area (Å²) in [6.07, 6.45) is 0.994. The van der Waals surface area contributed by atoms with Crippen LogP contribution in [0.25, 0.3) is 10.9 Å². The van der Waals surface area contributed by atoms with Crippen molar-refractivity contribution in [1.29, 1.82) is 0 Å². The van der Waals surface area contributed by atoms with Crippen LogP contribution in [0.4, 0.5) is 5.69 Å². The number of nitrogen functional groups attached to an aromatic ring is 1. The summed E-state index contributed by atoms with van der Waals surface area (Å²) < 4.78 is 0. The van der Waals surface area contributed by atoms with E-state index in [2.05, 4.69) is 26.2 Å². The van der Waals surface area contributed by atoms with Crippen molar-refractivity contribution in [1.82, 2.24) is 4.98 Å². The summed E-state index contributed by atoms with van der Waals surface area (Å²) in [4.78, 5) is 4.73. The molecule has 0 atom stereocenters. The van der Waals surface area contributed by atoms with Gasteiger partial charge in [0.2, 0.25) is 0 Å². The van der Waals surface area contributed by atoms with Crippen LogP contribution in [-0.4, -0.2) is 4.98 Å². The van der Waals surface area contributed by atoms with Crippen LogP contribution >= 0.6 is 11.6 Å². The van der Waals surface area contributed by atoms with E-state index in [4.69, 9.17) is 22.4 Å². The average Bonchev–Trinajstić information content (AvgIpc) is 2.36. The molecule has 18 heavy (non-hydrogen) atoms. The zero-order valence-electron chi connectivity index (χ0n) is 10.9. The SMILES string of the molecule is CCC(C)(C)c1nc2ccc(Cl)cc2cc1NN. The Hall–Kier alpha value is -1.32. The standard InChI is InChI=1S/C14H18ClN3/c1-4-14(2,3)13-12(18-16)8-9-7-10(15)5-6-11(9)17-13/h5-8,18H,4,16H2,1-3H3. The number of benzene rings is 1. The number of hydrogen-bond acceptors (Lipinski definition) is 3. The minimum absolute atomic E-state index is 0.0183. The van der Waals surface area contributed by atoms with E-state index in [-0.39, 0.29) is 5.41 Å². The van der Waals surface area contributed by atoms with Crippen molar-refractivity contribution in [2.24, 2.45) is 5.84 Å². The molecule has 0 aliphatic heterocycles. The fourth-order valence-electron chi connectivity index (χ4n) is 1.94. The molecule has 0 saturated heterocycles. The monoisotopic (exact) mass is 263 g/mol. The molecule has 0 spiro atoms. The van der Waals surface area contributed by atoms with Gasteiger partial charge in [-0.05, 0) is 30.7 Å². The number of nitrogens with one attached hydrogen (secondary N) is 1. The van der Waals surface area contributed by atoms with Crippen LogP contribution in [0.5, 0.6) is 0 Å². The first kappa shape index (κ1) is 13.1. The molecule has 96 valence electrons. The molecule has 0 unspecified atom stereocenters. The smallest absolute Gasteiger partial charge is 0.0713 e. The van der Waals surface area contributed by atoms with Gasteiger partial charge in [-0.2, -0.15) is 0 Å². The van der Waals surface area contributed by atoms with Crippen LogP contribution in [0.1, 0.15) is 32.9 Å². The number of nitrogens with zero attached hydrogens (tertiary/aromatic N) is 1. The first-order valence-electron chi connectivity index (χ1n) is 6.05. The van der Waals surface area contributed by atoms with E-state index in [0.29, 0.717) is 5.02 Å². The van der Waals surface area contributed by atoms with Crippen molar-refractivity contribution >= 4 is 28.2 Å². The van der Waals surface area contributed by atoms with Crippen molar-refractivity contribution in [3.63, 3.8) is 0 Å². The maximum absolute atomic E-state index is 5.99. The van der Waals surface area contributed by atoms with Crippen molar-refractivity contribution in [2.45, 2.75) is 32.6 Å². The number of rotatable bonds is 3. The number of hydrogen-bond donors (Lipinski definition) is 2. The average molecular weight is 264 g/mol. The number of hydrazine groups is 1. The van der Waals surface area contributed by atoms with E-state index in [1.807, 2.05) is 24.3 Å². The van der Waals surface area contributed by atoms with Crippen LogP contribution in [0, 0.1) is 0 Å². The van der Waals surface area contributed by atoms with E-state index in [9.17, 15) is 0 Å². The van der Waals surface area contributed by atoms with E-state index < -0.39 is 0 Å². The lowest BCUT2D eigenvalue weighted by molar-refractivity contribution is 0.494. The molecule has 3 N–H and O–H groups in total. The van der Waals surface area contributed by atoms with Crippen molar-refractivity contribution in [3.05, 3.63) is 35.0 Å². The summed E-state index contributed by atoms with van der Waals surface area (Å²) in [5.41, 5.74) is 5.51. The van der Waals surface area contributed by atoms with E-state index in [1.54, 1.807) is 0 Å². The van der Waals surface area contributed by atoms with Crippen LogP contribution in [0.3, 0.4) is 0 Å². The molecule has 3 nitrogen and oxygen atoms in total. The maximum Gasteiger partial charge on any atom is 0.0713 e. The number of anilines is 1. The normalized spacial score (nSPS) is 11.8. The van der Waals surface area contributed by atoms with Crippen molar-refractivity contribution < 1.29 is 0 Å². The Morgan fingerprint density at radius 2 is 2.06 bits per heavy atom. The van der Waals surface area contributed by atoms with Crippen LogP contribution in [0.15, 0.2) is 24.3 Å². The van der Waals surface area contributed by atoms with Gasteiger partial charge in [0.05, 0.1) is 16.9 Å². The number of pyridine rings is 1. The van der Waals surface area contributed by atoms with E-state index in [1.165, 1.54) is 0 Å². The zero-order valence-corrected chi connectivity index (χ0v) is 11.7. The first-order valence-corrected chi connectivity index (χ1v) is 6.43. The zero-order chi connectivity index (χ0) is 13.3. The largest absolute Gasteiger partial charge is 0.322 e. The highest BCUT2D eigenvalue weighted by Gasteiger charge is 2.23. The van der Waals surface area contributed by atoms with Gasteiger partial charge in [-0.3, -0.25) is 10.8 Å². The predicted octanol–water partition coefficient (Wildman–Crippen LogP) is 3.86. The van der Waals surface area contributed by atoms with Crippen molar-refractivity contribution in [2.75, 3.05) is 5.43 Å². The van der Waals surface area contributed by atoms with Gasteiger partial charge in [0.25, 0.3) is 0 Å². The number of halogens is 1. The fraction of sp³-hybridized carbons (Fsp3) is 0.357. The van der Waals surface area contributed by atoms with Gasteiger partial charge in [0.15, 0.2) is 0 Å². The lowest BCUT2D eigenvalue weighted by Crippen LogP contribution is -2.22. The molecule has 0 bridgehead atoms. The number of nitrogens with two attached hydrogens (primary N) is 1. The van der Waals surface area contributed by atoms with Gasteiger partial charge in [-0.1, -0.05) is 32.4 Å². The second-order valence-corrected chi connectivity index (χ2v) is 5.54. The summed E-state index contributed by atoms with van der Waals surface area (Å²) in [6.45, 7) is 6.48. The van der Waals surface area contributed by atoms with Crippen LogP contribution in [-0.2, 0) is 5.41 Å². The summed E-state index contributed by atoms with van der Waals surface area (Å²) in [5, 5.41) is 1.70. The topological polar surface area (TPSA) is 50.9 Å². The van der Waals surface area contributed by atoms with Gasteiger partial charge in [0.1, 0.15) is 0 Å². The van der Waals surface area contributed by atoms with E-state index >= 15 is 0 Å². The molecule has 1 heterocycles. The Bertz CT molecular complexity index is 579. The van der Waals surface area contributed by atoms with Gasteiger partial charge in [-0.15, -0.1) is 0 Å². The molecule has 0 aliphatic carbocycles. The highest BCUT2D eigenvalue weighted by molar-refractivity contribution is 6.31. The second kappa shape index (κ2) is 4.75. The lowest BCUT2D eigenvalue weighted by atomic mass is 9.85. The van der Waals surface area contributed by atoms with Crippen LogP contribution < -0.4 is 11.3 Å². The van der Waals surface area contributed by atoms with Gasteiger partial charge >= 0.3 is 0 Å². The van der Waals surface area contributed by atoms with Gasteiger partial charge in [0, 0.05) is 15.8 Å². The Balaban J connectivity index is 2.70. The minimum Gasteiger partial charge on any atom is -0.322 e. The third kappa shape index (κ3) is 2.28. The fourth-order valence-corrected chi connectivity index (χ4v) is 2.12. The summed E-state index contributed by atoms with van der Waals surface area (Å²) >= 11 is 5.99. The van der Waals surface area contributed by atoms with Crippen LogP contribution in [0.2, 0.25) is 5.02 Å². The molecule has 0 fully saturated rings. The maximum atomic E-state index is 5.99. The third-order valence-corrected chi connectivity index (χ3v) is 3.69. The molecule has 1 aromatic heterocycles. The minimum atomic E-state index is -0.0183. The molecule has 0 radical (unpaired) electrons. The Labute approximate surface area is 112 Å². The number of aromatic nitrogens is 1. The molecular weight excluding hydrogens is 246 g/mol. The Morgan fingerprint density at radius 3 is 2.67 bits per heavy atom. The quantitative estimate of drug-likeness (QED) is 0.653. The second-order valence-electron chi connectivity index (χ2n) is 5.10. The lowest BCUT2D eigenvalue weighted by Gasteiger charge is -2.25. The molecule has 4 heteroatoms. The molecule has 2 aromatic rings. The summed E-state index contributed by atoms with van der Waals surface area (Å²) in [5.74, 6) is 5.61. The molecule has 0 saturated carbocycles. The molecule has 2 rings (SSSR count). The van der Waals surface area contributed by atoms with Gasteiger partial charge < -0.3 is 5.43 Å². The molecule has 0 amide bonds. The predicted molar refractivity (Wildman–Crippen MR) is 77.9 cm³/mol. The highest BCUT2D eigenvalue weighted by atomic mass is 35.5. The first-order chi connectivity index (χ1) is 8.47.